The molecule has 0 aliphatic carbocycles. The molecule has 0 unspecified atom stereocenters. The molecule has 3 aromatic rings. The van der Waals surface area contributed by atoms with Gasteiger partial charge in [-0.05, 0) is 74.2 Å². The van der Waals surface area contributed by atoms with Crippen LogP contribution in [0.4, 0.5) is 5.69 Å². The molecule has 0 saturated carbocycles. The SMILES string of the molecule is CC(=O)N1CCC[C@H]1C(=O)Nc1ccc(-c2ccc(C(=O)N[C@@H](C(=O)N[C@@H]3C(=O)N4[C@@H]3SC(C)(C)[C@@H]4C(=O)O)c3ccc(O)cc3)c(=O)[nH]2)cc1. The highest BCUT2D eigenvalue weighted by atomic mass is 32.2. The number of benzene rings is 2. The number of carbonyl (C=O) groups is 6. The molecule has 3 fully saturated rings. The molecular weight excluding hydrogens is 680 g/mol. The van der Waals surface area contributed by atoms with Gasteiger partial charge >= 0.3 is 5.97 Å². The minimum absolute atomic E-state index is 0.0887. The lowest BCUT2D eigenvalue weighted by Gasteiger charge is -2.44. The summed E-state index contributed by atoms with van der Waals surface area (Å²) in [6, 6.07) is 10.9. The molecule has 3 aliphatic rings. The maximum atomic E-state index is 13.6. The first-order valence-corrected chi connectivity index (χ1v) is 17.1. The fourth-order valence-electron chi connectivity index (χ4n) is 6.75. The van der Waals surface area contributed by atoms with E-state index in [1.165, 1.54) is 60.0 Å². The number of carboxylic acid groups (broad SMARTS) is 1. The highest BCUT2D eigenvalue weighted by Crippen LogP contribution is 2.50. The van der Waals surface area contributed by atoms with Crippen molar-refractivity contribution < 1.29 is 39.0 Å². The Morgan fingerprint density at radius 1 is 0.980 bits per heavy atom. The Labute approximate surface area is 295 Å². The smallest absolute Gasteiger partial charge is 0.327 e. The number of amides is 5. The van der Waals surface area contributed by atoms with Crippen molar-refractivity contribution in [1.29, 1.82) is 0 Å². The van der Waals surface area contributed by atoms with Crippen molar-refractivity contribution in [3.8, 4) is 17.0 Å². The average molecular weight is 717 g/mol. The number of hydrogen-bond donors (Lipinski definition) is 6. The zero-order valence-electron chi connectivity index (χ0n) is 27.8. The van der Waals surface area contributed by atoms with E-state index in [1.807, 2.05) is 0 Å². The van der Waals surface area contributed by atoms with Crippen LogP contribution in [-0.4, -0.2) is 95.3 Å². The largest absolute Gasteiger partial charge is 0.508 e. The van der Waals surface area contributed by atoms with Gasteiger partial charge in [0.1, 0.15) is 40.9 Å². The predicted octanol–water partition coefficient (Wildman–Crippen LogP) is 1.80. The zero-order chi connectivity index (χ0) is 36.8. The van der Waals surface area contributed by atoms with Crippen LogP contribution in [0.25, 0.3) is 11.3 Å². The molecule has 0 radical (unpaired) electrons. The van der Waals surface area contributed by atoms with E-state index >= 15 is 0 Å². The Morgan fingerprint density at radius 2 is 1.67 bits per heavy atom. The van der Waals surface area contributed by atoms with E-state index in [0.29, 0.717) is 29.9 Å². The van der Waals surface area contributed by atoms with Crippen LogP contribution in [-0.2, 0) is 24.0 Å². The Kier molecular flexibility index (Phi) is 9.37. The summed E-state index contributed by atoms with van der Waals surface area (Å²) in [5.74, 6) is -3.90. The predicted molar refractivity (Wildman–Crippen MR) is 186 cm³/mol. The maximum absolute atomic E-state index is 13.6. The van der Waals surface area contributed by atoms with E-state index in [4.69, 9.17) is 0 Å². The summed E-state index contributed by atoms with van der Waals surface area (Å²) in [6.07, 6.45) is 1.33. The molecule has 0 bridgehead atoms. The minimum Gasteiger partial charge on any atom is -0.508 e. The first kappa shape index (κ1) is 35.2. The van der Waals surface area contributed by atoms with E-state index in [2.05, 4.69) is 20.9 Å². The van der Waals surface area contributed by atoms with E-state index in [1.54, 1.807) is 43.0 Å². The van der Waals surface area contributed by atoms with Crippen molar-refractivity contribution in [3.05, 3.63) is 82.1 Å². The summed E-state index contributed by atoms with van der Waals surface area (Å²) >= 11 is 1.25. The van der Waals surface area contributed by atoms with Gasteiger partial charge in [0.25, 0.3) is 11.5 Å². The molecule has 5 atom stereocenters. The Bertz CT molecular complexity index is 1980. The molecule has 4 heterocycles. The quantitative estimate of drug-likeness (QED) is 0.177. The second kappa shape index (κ2) is 13.6. The normalized spacial score (nSPS) is 22.4. The maximum Gasteiger partial charge on any atom is 0.327 e. The summed E-state index contributed by atoms with van der Waals surface area (Å²) < 4.78 is -0.810. The Hall–Kier alpha value is -5.64. The highest BCUT2D eigenvalue weighted by Gasteiger charge is 2.64. The number of pyridine rings is 1. The second-order valence-electron chi connectivity index (χ2n) is 13.1. The fraction of sp³-hybridized carbons (Fsp3) is 0.343. The van der Waals surface area contributed by atoms with Crippen molar-refractivity contribution in [2.45, 2.75) is 67.9 Å². The van der Waals surface area contributed by atoms with Gasteiger partial charge in [-0.25, -0.2) is 4.79 Å². The van der Waals surface area contributed by atoms with Crippen molar-refractivity contribution >= 4 is 53.0 Å². The van der Waals surface area contributed by atoms with Crippen molar-refractivity contribution in [2.24, 2.45) is 0 Å². The number of anilines is 1. The van der Waals surface area contributed by atoms with E-state index in [-0.39, 0.29) is 28.7 Å². The number of aromatic hydroxyl groups is 1. The number of carboxylic acids is 1. The number of nitrogens with zero attached hydrogens (tertiary/aromatic N) is 2. The molecule has 3 aliphatic heterocycles. The molecule has 0 spiro atoms. The van der Waals surface area contributed by atoms with Gasteiger partial charge in [-0.3, -0.25) is 28.8 Å². The van der Waals surface area contributed by atoms with Gasteiger partial charge in [-0.1, -0.05) is 24.3 Å². The number of aromatic nitrogens is 1. The second-order valence-corrected chi connectivity index (χ2v) is 14.9. The van der Waals surface area contributed by atoms with Crippen LogP contribution in [0, 0.1) is 0 Å². The van der Waals surface area contributed by atoms with Gasteiger partial charge < -0.3 is 40.9 Å². The summed E-state index contributed by atoms with van der Waals surface area (Å²) in [7, 11) is 0. The third-order valence-electron chi connectivity index (χ3n) is 9.31. The lowest BCUT2D eigenvalue weighted by atomic mass is 9.95. The molecular formula is C35H36N6O9S. The molecule has 5 amide bonds. The fourth-order valence-corrected chi connectivity index (χ4v) is 8.38. The average Bonchev–Trinajstić information content (AvgIpc) is 3.68. The molecule has 51 heavy (non-hydrogen) atoms. The van der Waals surface area contributed by atoms with Crippen LogP contribution < -0.4 is 21.5 Å². The lowest BCUT2D eigenvalue weighted by Crippen LogP contribution is -2.71. The number of rotatable bonds is 9. The van der Waals surface area contributed by atoms with Crippen molar-refractivity contribution in [1.82, 2.24) is 25.4 Å². The third kappa shape index (κ3) is 6.78. The molecule has 16 heteroatoms. The van der Waals surface area contributed by atoms with Crippen molar-refractivity contribution in [2.75, 3.05) is 11.9 Å². The van der Waals surface area contributed by atoms with Gasteiger partial charge in [-0.15, -0.1) is 11.8 Å². The lowest BCUT2D eigenvalue weighted by molar-refractivity contribution is -0.161. The number of aromatic amines is 1. The van der Waals surface area contributed by atoms with E-state index in [9.17, 15) is 43.8 Å². The monoisotopic (exact) mass is 716 g/mol. The number of likely N-dealkylation sites (tertiary alicyclic amines) is 1. The standard InChI is InChI=1S/C35H36N6O9S/c1-17(42)40-16-4-5-24(40)30(46)36-20-10-6-18(7-11-20)23-15-14-22(28(44)37-23)29(45)38-25(19-8-12-21(43)13-9-19)31(47)39-26-32(48)41-27(34(49)50)35(2,3)51-33(26)41/h6-15,24-27,33,43H,4-5,16H2,1-3H3,(H,36,46)(H,37,44)(H,38,45)(H,39,47)(H,49,50)/t24-,25+,26+,27-,33+/m0/s1. The minimum atomic E-state index is -1.39. The van der Waals surface area contributed by atoms with Gasteiger partial charge in [0.05, 0.1) is 0 Å². The van der Waals surface area contributed by atoms with Crippen LogP contribution in [0.2, 0.25) is 0 Å². The number of fused-ring (bicyclic) bond motifs is 1. The number of thioether (sulfide) groups is 1. The molecule has 3 saturated heterocycles. The molecule has 2 aromatic carbocycles. The zero-order valence-corrected chi connectivity index (χ0v) is 28.7. The summed E-state index contributed by atoms with van der Waals surface area (Å²) in [5, 5.41) is 26.9. The first-order chi connectivity index (χ1) is 24.2. The summed E-state index contributed by atoms with van der Waals surface area (Å²) in [5.41, 5.74) is 0.685. The number of carbonyl (C=O) groups excluding carboxylic acids is 5. The topological polar surface area (TPSA) is 218 Å². The number of hydrogen-bond acceptors (Lipinski definition) is 9. The number of β-lactam (4-membered cyclic amide) rings is 1. The first-order valence-electron chi connectivity index (χ1n) is 16.2. The molecule has 15 nitrogen and oxygen atoms in total. The number of aliphatic carboxylic acids is 1. The van der Waals surface area contributed by atoms with Crippen molar-refractivity contribution in [3.63, 3.8) is 0 Å². The van der Waals surface area contributed by atoms with Crippen LogP contribution in [0.5, 0.6) is 5.75 Å². The highest BCUT2D eigenvalue weighted by molar-refractivity contribution is 8.01. The molecule has 6 N–H and O–H groups in total. The van der Waals surface area contributed by atoms with Crippen LogP contribution in [0.1, 0.15) is 55.6 Å². The van der Waals surface area contributed by atoms with E-state index < -0.39 is 63.5 Å². The Morgan fingerprint density at radius 3 is 2.29 bits per heavy atom. The number of nitrogens with one attached hydrogen (secondary N) is 4. The Balaban J connectivity index is 1.15. The van der Waals surface area contributed by atoms with E-state index in [0.717, 1.165) is 6.42 Å². The van der Waals surface area contributed by atoms with Gasteiger partial charge in [-0.2, -0.15) is 0 Å². The van der Waals surface area contributed by atoms with Crippen LogP contribution in [0.3, 0.4) is 0 Å². The number of H-pyrrole nitrogens is 1. The third-order valence-corrected chi connectivity index (χ3v) is 10.9. The molecule has 6 rings (SSSR count). The molecule has 1 aromatic heterocycles. The molecule has 266 valence electrons. The summed E-state index contributed by atoms with van der Waals surface area (Å²) in [4.78, 5) is 95.2. The number of phenolic OH excluding ortho intramolecular Hbond substituents is 1. The van der Waals surface area contributed by atoms with Gasteiger partial charge in [0.2, 0.25) is 23.6 Å². The van der Waals surface area contributed by atoms with Gasteiger partial charge in [0, 0.05) is 29.6 Å². The summed E-state index contributed by atoms with van der Waals surface area (Å²) in [6.45, 7) is 5.39. The van der Waals surface area contributed by atoms with Gasteiger partial charge in [0.15, 0.2) is 0 Å². The van der Waals surface area contributed by atoms with Crippen LogP contribution in [0.15, 0.2) is 65.5 Å². The van der Waals surface area contributed by atoms with Crippen LogP contribution >= 0.6 is 11.8 Å². The number of phenols is 1.